The van der Waals surface area contributed by atoms with Crippen LogP contribution in [-0.2, 0) is 0 Å². The summed E-state index contributed by atoms with van der Waals surface area (Å²) in [5, 5.41) is 26.5. The minimum Gasteiger partial charge on any atom is -0.739 e. The van der Waals surface area contributed by atoms with Gasteiger partial charge in [-0.15, -0.1) is 9.81 Å². The molecule has 0 aliphatic heterocycles. The van der Waals surface area contributed by atoms with Crippen molar-refractivity contribution in [2.45, 2.75) is 116 Å². The van der Waals surface area contributed by atoms with E-state index in [4.69, 9.17) is 0 Å². The van der Waals surface area contributed by atoms with Gasteiger partial charge in [-0.25, -0.2) is 0 Å². The van der Waals surface area contributed by atoms with Crippen molar-refractivity contribution in [3.05, 3.63) is 34.1 Å². The smallest absolute Gasteiger partial charge is 0.739 e. The van der Waals surface area contributed by atoms with E-state index in [1.54, 1.807) is 0 Å². The normalized spacial score (nSPS) is 16.2. The van der Waals surface area contributed by atoms with Crippen molar-refractivity contribution in [3.63, 3.8) is 0 Å². The van der Waals surface area contributed by atoms with Crippen LogP contribution in [0, 0.1) is 34.1 Å². The van der Waals surface area contributed by atoms with Crippen LogP contribution in [0.5, 0.6) is 0 Å². The summed E-state index contributed by atoms with van der Waals surface area (Å²) in [4.78, 5) is 19.5. The van der Waals surface area contributed by atoms with E-state index < -0.39 is 0 Å². The first-order valence-electron chi connectivity index (χ1n) is 10.7. The predicted octanol–water partition coefficient (Wildman–Crippen LogP) is 6.46. The maximum Gasteiger partial charge on any atom is 2.00 e. The third-order valence-electron chi connectivity index (χ3n) is 4.64. The average Bonchev–Trinajstić information content (AvgIpc) is 2.79. The monoisotopic (exact) mass is 520 g/mol. The molecule has 0 aromatic rings. The van der Waals surface area contributed by atoms with Crippen LogP contribution in [0.15, 0.2) is 10.6 Å². The Kier molecular flexibility index (Phi) is 29.2. The molecule has 2 aliphatic rings. The Morgan fingerprint density at radius 2 is 0.966 bits per heavy atom. The molecule has 0 aromatic heterocycles. The molecule has 0 heterocycles. The molecule has 2 aliphatic carbocycles. The fourth-order valence-corrected chi connectivity index (χ4v) is 2.74. The minimum atomic E-state index is -0.133. The van der Waals surface area contributed by atoms with Gasteiger partial charge in [0, 0.05) is 22.7 Å². The average molecular weight is 519 g/mol. The molecular weight excluding hydrogens is 479 g/mol. The van der Waals surface area contributed by atoms with E-state index in [1.165, 1.54) is 25.7 Å². The second-order valence-corrected chi connectivity index (χ2v) is 7.06. The van der Waals surface area contributed by atoms with Crippen LogP contribution >= 0.6 is 0 Å². The van der Waals surface area contributed by atoms with Crippen LogP contribution in [0.4, 0.5) is 0 Å². The van der Waals surface area contributed by atoms with Crippen molar-refractivity contribution < 1.29 is 0 Å². The van der Waals surface area contributed by atoms with Crippen LogP contribution in [0.1, 0.15) is 104 Å². The van der Waals surface area contributed by atoms with Gasteiger partial charge in [-0.1, -0.05) is 91.9 Å². The van der Waals surface area contributed by atoms with E-state index in [9.17, 15) is 20.2 Å². The molecule has 0 atom stereocenters. The third kappa shape index (κ3) is 20.6. The molecule has 29 heavy (non-hydrogen) atoms. The van der Waals surface area contributed by atoms with E-state index in [0.29, 0.717) is 10.3 Å². The summed E-state index contributed by atoms with van der Waals surface area (Å²) in [6.45, 7) is 11.4. The van der Waals surface area contributed by atoms with Crippen molar-refractivity contribution in [2.24, 2.45) is 10.6 Å². The molecule has 8 nitrogen and oxygen atoms in total. The molecule has 0 aromatic carbocycles. The SMILES string of the molecule is O=NN([O-])C1CCCCC1.O=NN([O-])C1CCCCC1.[CH2]CCC.[CH2]CCC.[Sn+2]. The van der Waals surface area contributed by atoms with Gasteiger partial charge in [0.05, 0.1) is 0 Å². The number of hydrogen-bond donors (Lipinski definition) is 0. The van der Waals surface area contributed by atoms with Crippen molar-refractivity contribution in [1.82, 2.24) is 10.3 Å². The topological polar surface area (TPSA) is 111 Å². The molecule has 0 saturated heterocycles. The Hall–Kier alpha value is -0.481. The fourth-order valence-electron chi connectivity index (χ4n) is 2.74. The van der Waals surface area contributed by atoms with Gasteiger partial charge in [-0.05, 0) is 25.7 Å². The van der Waals surface area contributed by atoms with Gasteiger partial charge in [0.25, 0.3) is 0 Å². The van der Waals surface area contributed by atoms with Crippen molar-refractivity contribution in [1.29, 1.82) is 0 Å². The molecule has 0 unspecified atom stereocenters. The third-order valence-corrected chi connectivity index (χ3v) is 4.64. The quantitative estimate of drug-likeness (QED) is 0.226. The number of rotatable bonds is 6. The van der Waals surface area contributed by atoms with Gasteiger partial charge < -0.3 is 20.8 Å². The molecule has 2 saturated carbocycles. The number of hydroxylamine groups is 2. The zero-order valence-electron chi connectivity index (χ0n) is 18.4. The van der Waals surface area contributed by atoms with E-state index in [0.717, 1.165) is 64.2 Å². The van der Waals surface area contributed by atoms with Gasteiger partial charge in [0.2, 0.25) is 0 Å². The van der Waals surface area contributed by atoms with E-state index in [2.05, 4.69) is 38.3 Å². The molecule has 4 radical (unpaired) electrons. The Labute approximate surface area is 194 Å². The first kappa shape index (κ1) is 33.2. The van der Waals surface area contributed by atoms with E-state index >= 15 is 0 Å². The van der Waals surface area contributed by atoms with Crippen molar-refractivity contribution >= 4 is 23.9 Å². The van der Waals surface area contributed by atoms with Crippen molar-refractivity contribution in [3.8, 4) is 0 Å². The molecule has 0 N–H and O–H groups in total. The minimum absolute atomic E-state index is 0. The zero-order chi connectivity index (χ0) is 21.6. The second-order valence-electron chi connectivity index (χ2n) is 7.06. The summed E-state index contributed by atoms with van der Waals surface area (Å²) in [6.07, 6.45) is 14.5. The van der Waals surface area contributed by atoms with Crippen LogP contribution in [0.2, 0.25) is 0 Å². The predicted molar refractivity (Wildman–Crippen MR) is 122 cm³/mol. The Balaban J connectivity index is -0.000000336. The zero-order valence-corrected chi connectivity index (χ0v) is 21.2. The number of nitrogens with zero attached hydrogens (tertiary/aromatic N) is 4. The maximum absolute atomic E-state index is 10.6. The Morgan fingerprint density at radius 3 is 1.14 bits per heavy atom. The molecular formula is C20H40N4O4Sn. The number of nitroso groups, excluding NO2 is 2. The largest absolute Gasteiger partial charge is 2.00 e. The van der Waals surface area contributed by atoms with Crippen LogP contribution < -0.4 is 0 Å². The molecule has 0 spiro atoms. The number of unbranched alkanes of at least 4 members (excludes halogenated alkanes) is 2. The summed E-state index contributed by atoms with van der Waals surface area (Å²) < 4.78 is 0. The summed E-state index contributed by atoms with van der Waals surface area (Å²) in [5.41, 5.74) is 0. The summed E-state index contributed by atoms with van der Waals surface area (Å²) >= 11 is 0. The first-order chi connectivity index (χ1) is 13.5. The maximum atomic E-state index is 10.6. The number of hydrogen-bond acceptors (Lipinski definition) is 6. The molecule has 2 fully saturated rings. The summed E-state index contributed by atoms with van der Waals surface area (Å²) in [5.74, 6) is 0. The molecule has 0 bridgehead atoms. The van der Waals surface area contributed by atoms with Crippen molar-refractivity contribution in [2.75, 3.05) is 0 Å². The van der Waals surface area contributed by atoms with Crippen LogP contribution in [0.25, 0.3) is 0 Å². The summed E-state index contributed by atoms with van der Waals surface area (Å²) in [7, 11) is 0. The first-order valence-corrected chi connectivity index (χ1v) is 10.7. The standard InChI is InChI=1S/2C6H11N2O2.2C4H9.Sn/c2*9-7-8(10)6-4-2-1-3-5-6;2*1-3-4-2;/h2*6H,1-5H2;2*1,3-4H2,2H3;/q2*-1;;;+2. The van der Waals surface area contributed by atoms with Gasteiger partial charge >= 0.3 is 23.9 Å². The van der Waals surface area contributed by atoms with Gasteiger partial charge in [-0.2, -0.15) is 0 Å². The van der Waals surface area contributed by atoms with Crippen LogP contribution in [0.3, 0.4) is 0 Å². The van der Waals surface area contributed by atoms with E-state index in [1.807, 2.05) is 0 Å². The van der Waals surface area contributed by atoms with Gasteiger partial charge in [0.15, 0.2) is 0 Å². The second kappa shape index (κ2) is 25.6. The van der Waals surface area contributed by atoms with Gasteiger partial charge in [0.1, 0.15) is 0 Å². The fraction of sp³-hybridized carbons (Fsp3) is 0.900. The molecule has 0 amide bonds. The van der Waals surface area contributed by atoms with Gasteiger partial charge in [-0.3, -0.25) is 0 Å². The Morgan fingerprint density at radius 1 is 0.724 bits per heavy atom. The molecule has 168 valence electrons. The van der Waals surface area contributed by atoms with Crippen LogP contribution in [-0.4, -0.2) is 46.3 Å². The molecule has 9 heteroatoms. The van der Waals surface area contributed by atoms with E-state index in [-0.39, 0.29) is 36.0 Å². The molecule has 2 rings (SSSR count). The Bertz CT molecular complexity index is 306. The summed E-state index contributed by atoms with van der Waals surface area (Å²) in [6, 6.07) is -0.266.